The molecule has 0 saturated heterocycles. The molecule has 4 heteroatoms. The maximum absolute atomic E-state index is 11.8. The summed E-state index contributed by atoms with van der Waals surface area (Å²) in [4.78, 5) is 14.8. The van der Waals surface area contributed by atoms with Gasteiger partial charge >= 0.3 is 0 Å². The summed E-state index contributed by atoms with van der Waals surface area (Å²) in [7, 11) is 0. The van der Waals surface area contributed by atoms with Crippen molar-refractivity contribution >= 4 is 23.2 Å². The number of H-pyrrole nitrogens is 1. The zero-order chi connectivity index (χ0) is 11.5. The Balaban J connectivity index is 2.17. The van der Waals surface area contributed by atoms with Gasteiger partial charge in [-0.2, -0.15) is 0 Å². The zero-order valence-corrected chi connectivity index (χ0v) is 9.51. The van der Waals surface area contributed by atoms with Crippen LogP contribution in [0.1, 0.15) is 16.1 Å². The standard InChI is InChI=1S/C12H11ClN2O/c1-8-11(5-6-14-8)12(16)15-10-4-2-3-9(13)7-10/h2-7,14H,1H3,(H,15,16). The van der Waals surface area contributed by atoms with Gasteiger partial charge in [-0.3, -0.25) is 4.79 Å². The summed E-state index contributed by atoms with van der Waals surface area (Å²) in [6.45, 7) is 1.85. The second-order valence-electron chi connectivity index (χ2n) is 3.48. The van der Waals surface area contributed by atoms with Crippen LogP contribution in [-0.4, -0.2) is 10.9 Å². The van der Waals surface area contributed by atoms with E-state index in [2.05, 4.69) is 10.3 Å². The summed E-state index contributed by atoms with van der Waals surface area (Å²) in [6.07, 6.45) is 1.74. The van der Waals surface area contributed by atoms with E-state index in [1.165, 1.54) is 0 Å². The van der Waals surface area contributed by atoms with Crippen molar-refractivity contribution < 1.29 is 4.79 Å². The Bertz CT molecular complexity index is 519. The second-order valence-corrected chi connectivity index (χ2v) is 3.92. The van der Waals surface area contributed by atoms with Crippen LogP contribution in [0.25, 0.3) is 0 Å². The normalized spacial score (nSPS) is 10.1. The molecule has 0 unspecified atom stereocenters. The maximum atomic E-state index is 11.8. The lowest BCUT2D eigenvalue weighted by atomic mass is 10.2. The minimum absolute atomic E-state index is 0.138. The van der Waals surface area contributed by atoms with Crippen LogP contribution in [0.15, 0.2) is 36.5 Å². The van der Waals surface area contributed by atoms with Crippen molar-refractivity contribution in [2.24, 2.45) is 0 Å². The Morgan fingerprint density at radius 3 is 2.81 bits per heavy atom. The molecule has 0 spiro atoms. The molecule has 2 rings (SSSR count). The van der Waals surface area contributed by atoms with Crippen molar-refractivity contribution in [2.75, 3.05) is 5.32 Å². The van der Waals surface area contributed by atoms with E-state index in [0.29, 0.717) is 16.3 Å². The van der Waals surface area contributed by atoms with E-state index in [9.17, 15) is 4.79 Å². The van der Waals surface area contributed by atoms with Crippen LogP contribution in [-0.2, 0) is 0 Å². The highest BCUT2D eigenvalue weighted by molar-refractivity contribution is 6.30. The first-order chi connectivity index (χ1) is 7.66. The summed E-state index contributed by atoms with van der Waals surface area (Å²) < 4.78 is 0. The first-order valence-electron chi connectivity index (χ1n) is 4.88. The van der Waals surface area contributed by atoms with Crippen molar-refractivity contribution in [2.45, 2.75) is 6.92 Å². The second kappa shape index (κ2) is 4.41. The molecular weight excluding hydrogens is 224 g/mol. The number of rotatable bonds is 2. The number of anilines is 1. The van der Waals surface area contributed by atoms with Crippen LogP contribution in [0.2, 0.25) is 5.02 Å². The van der Waals surface area contributed by atoms with E-state index in [0.717, 1.165) is 5.69 Å². The average molecular weight is 235 g/mol. The summed E-state index contributed by atoms with van der Waals surface area (Å²) in [5.41, 5.74) is 2.18. The highest BCUT2D eigenvalue weighted by Crippen LogP contribution is 2.16. The molecule has 0 radical (unpaired) electrons. The number of hydrogen-bond donors (Lipinski definition) is 2. The SMILES string of the molecule is Cc1[nH]ccc1C(=O)Nc1cccc(Cl)c1. The molecule has 0 bridgehead atoms. The number of halogens is 1. The molecule has 16 heavy (non-hydrogen) atoms. The van der Waals surface area contributed by atoms with E-state index < -0.39 is 0 Å². The fraction of sp³-hybridized carbons (Fsp3) is 0.0833. The number of carbonyl (C=O) groups excluding carboxylic acids is 1. The van der Waals surface area contributed by atoms with Crippen molar-refractivity contribution in [1.82, 2.24) is 4.98 Å². The molecule has 1 aromatic carbocycles. The third kappa shape index (κ3) is 2.25. The highest BCUT2D eigenvalue weighted by atomic mass is 35.5. The number of carbonyl (C=O) groups is 1. The minimum Gasteiger partial charge on any atom is -0.365 e. The van der Waals surface area contributed by atoms with Crippen LogP contribution in [0.5, 0.6) is 0 Å². The van der Waals surface area contributed by atoms with Gasteiger partial charge in [0.25, 0.3) is 5.91 Å². The van der Waals surface area contributed by atoms with E-state index in [4.69, 9.17) is 11.6 Å². The molecule has 0 atom stereocenters. The van der Waals surface area contributed by atoms with Gasteiger partial charge in [-0.1, -0.05) is 17.7 Å². The average Bonchev–Trinajstić information content (AvgIpc) is 2.64. The third-order valence-corrected chi connectivity index (χ3v) is 2.52. The molecule has 0 aliphatic rings. The molecule has 1 aromatic heterocycles. The van der Waals surface area contributed by atoms with Crippen LogP contribution in [0.3, 0.4) is 0 Å². The lowest BCUT2D eigenvalue weighted by molar-refractivity contribution is 0.102. The molecule has 1 amide bonds. The smallest absolute Gasteiger partial charge is 0.257 e. The maximum Gasteiger partial charge on any atom is 0.257 e. The van der Waals surface area contributed by atoms with Crippen molar-refractivity contribution in [3.8, 4) is 0 Å². The fourth-order valence-electron chi connectivity index (χ4n) is 1.46. The van der Waals surface area contributed by atoms with Gasteiger partial charge in [0.2, 0.25) is 0 Å². The molecule has 0 saturated carbocycles. The number of aromatic amines is 1. The predicted octanol–water partition coefficient (Wildman–Crippen LogP) is 3.23. The Kier molecular flexibility index (Phi) is 2.97. The van der Waals surface area contributed by atoms with E-state index in [1.807, 2.05) is 6.92 Å². The highest BCUT2D eigenvalue weighted by Gasteiger charge is 2.09. The number of nitrogens with one attached hydrogen (secondary N) is 2. The molecule has 82 valence electrons. The lowest BCUT2D eigenvalue weighted by Crippen LogP contribution is -2.12. The van der Waals surface area contributed by atoms with Crippen LogP contribution in [0.4, 0.5) is 5.69 Å². The van der Waals surface area contributed by atoms with Crippen molar-refractivity contribution in [1.29, 1.82) is 0 Å². The summed E-state index contributed by atoms with van der Waals surface area (Å²) >= 11 is 5.83. The predicted molar refractivity (Wildman–Crippen MR) is 64.9 cm³/mol. The molecule has 3 nitrogen and oxygen atoms in total. The van der Waals surface area contributed by atoms with Gasteiger partial charge in [0.15, 0.2) is 0 Å². The van der Waals surface area contributed by atoms with Crippen molar-refractivity contribution in [3.63, 3.8) is 0 Å². The monoisotopic (exact) mass is 234 g/mol. The molecular formula is C12H11ClN2O. The molecule has 0 aliphatic carbocycles. The summed E-state index contributed by atoms with van der Waals surface area (Å²) in [5.74, 6) is -0.138. The Morgan fingerprint density at radius 1 is 1.38 bits per heavy atom. The molecule has 2 aromatic rings. The van der Waals surface area contributed by atoms with E-state index in [-0.39, 0.29) is 5.91 Å². The van der Waals surface area contributed by atoms with Crippen LogP contribution in [0, 0.1) is 6.92 Å². The van der Waals surface area contributed by atoms with Gasteiger partial charge in [0.1, 0.15) is 0 Å². The fourth-order valence-corrected chi connectivity index (χ4v) is 1.65. The quantitative estimate of drug-likeness (QED) is 0.823. The summed E-state index contributed by atoms with van der Waals surface area (Å²) in [6, 6.07) is 8.81. The Hall–Kier alpha value is -1.74. The first-order valence-corrected chi connectivity index (χ1v) is 5.25. The number of benzene rings is 1. The zero-order valence-electron chi connectivity index (χ0n) is 8.75. The first kappa shape index (κ1) is 10.8. The van der Waals surface area contributed by atoms with Gasteiger partial charge < -0.3 is 10.3 Å². The minimum atomic E-state index is -0.138. The van der Waals surface area contributed by atoms with Crippen molar-refractivity contribution in [3.05, 3.63) is 52.8 Å². The number of hydrogen-bond acceptors (Lipinski definition) is 1. The van der Waals surface area contributed by atoms with Gasteiger partial charge in [-0.05, 0) is 31.2 Å². The van der Waals surface area contributed by atoms with Crippen LogP contribution < -0.4 is 5.32 Å². The largest absolute Gasteiger partial charge is 0.365 e. The molecule has 0 aliphatic heterocycles. The topological polar surface area (TPSA) is 44.9 Å². The molecule has 2 N–H and O–H groups in total. The van der Waals surface area contributed by atoms with Gasteiger partial charge in [0, 0.05) is 22.6 Å². The molecule has 0 fully saturated rings. The van der Waals surface area contributed by atoms with E-state index >= 15 is 0 Å². The van der Waals surface area contributed by atoms with Gasteiger partial charge in [0.05, 0.1) is 5.56 Å². The van der Waals surface area contributed by atoms with Crippen LogP contribution >= 0.6 is 11.6 Å². The number of aromatic nitrogens is 1. The Morgan fingerprint density at radius 2 is 2.19 bits per heavy atom. The number of amides is 1. The van der Waals surface area contributed by atoms with Gasteiger partial charge in [-0.15, -0.1) is 0 Å². The molecule has 1 heterocycles. The third-order valence-electron chi connectivity index (χ3n) is 2.28. The van der Waals surface area contributed by atoms with Gasteiger partial charge in [-0.25, -0.2) is 0 Å². The lowest BCUT2D eigenvalue weighted by Gasteiger charge is -2.04. The summed E-state index contributed by atoms with van der Waals surface area (Å²) in [5, 5.41) is 3.38. The van der Waals surface area contributed by atoms with E-state index in [1.54, 1.807) is 36.5 Å². The Labute approximate surface area is 98.4 Å². The number of aryl methyl sites for hydroxylation is 1.